The molecule has 1 aliphatic rings. The van der Waals surface area contributed by atoms with E-state index >= 15 is 0 Å². The van der Waals surface area contributed by atoms with Crippen LogP contribution in [0.1, 0.15) is 42.9 Å². The topological polar surface area (TPSA) is 43.4 Å². The van der Waals surface area contributed by atoms with E-state index in [1.165, 1.54) is 23.8 Å². The maximum atomic E-state index is 13.2. The molecule has 2 atom stereocenters. The van der Waals surface area contributed by atoms with Crippen molar-refractivity contribution >= 4 is 17.3 Å². The third kappa shape index (κ3) is 4.16. The van der Waals surface area contributed by atoms with E-state index in [9.17, 15) is 14.0 Å². The minimum absolute atomic E-state index is 0.235. The number of ether oxygens (including phenoxy) is 1. The van der Waals surface area contributed by atoms with Crippen molar-refractivity contribution < 1.29 is 18.7 Å². The molecule has 2 aromatic rings. The lowest BCUT2D eigenvalue weighted by Crippen LogP contribution is -2.34. The highest BCUT2D eigenvalue weighted by atomic mass is 19.1. The minimum atomic E-state index is -0.846. The van der Waals surface area contributed by atoms with Crippen molar-refractivity contribution in [2.24, 2.45) is 5.92 Å². The first-order chi connectivity index (χ1) is 13.0. The summed E-state index contributed by atoms with van der Waals surface area (Å²) < 4.78 is 18.4. The summed E-state index contributed by atoms with van der Waals surface area (Å²) in [7, 11) is 0. The average Bonchev–Trinajstić information content (AvgIpc) is 2.68. The van der Waals surface area contributed by atoms with E-state index < -0.39 is 11.9 Å². The summed E-state index contributed by atoms with van der Waals surface area (Å²) in [6, 6.07) is 14.1. The monoisotopic (exact) mass is 366 g/mol. The van der Waals surface area contributed by atoms with Crippen molar-refractivity contribution in [3.63, 3.8) is 0 Å². The number of allylic oxidation sites excluding steroid dienone is 2. The standard InChI is InChI=1S/C23H23FO3/c1-3-15-5-7-17(8-6-15)20-13-18(16-9-11-19(24)12-10-16)14-21(25)22(20)23(26)27-4-2/h5-12,14,20,22H,3-4,13H2,1-2H3/t20-,22+/m1/s1. The van der Waals surface area contributed by atoms with Gasteiger partial charge in [-0.25, -0.2) is 4.39 Å². The van der Waals surface area contributed by atoms with Gasteiger partial charge in [0, 0.05) is 5.92 Å². The van der Waals surface area contributed by atoms with Gasteiger partial charge < -0.3 is 4.74 Å². The molecule has 0 aliphatic heterocycles. The molecule has 0 saturated heterocycles. The first-order valence-corrected chi connectivity index (χ1v) is 9.29. The Balaban J connectivity index is 1.99. The number of ketones is 1. The van der Waals surface area contributed by atoms with Crippen molar-refractivity contribution in [1.29, 1.82) is 0 Å². The Bertz CT molecular complexity index is 850. The number of benzene rings is 2. The number of carbonyl (C=O) groups excluding carboxylic acids is 2. The number of esters is 1. The van der Waals surface area contributed by atoms with Crippen LogP contribution in [-0.4, -0.2) is 18.4 Å². The Hall–Kier alpha value is -2.75. The Morgan fingerprint density at radius 3 is 2.33 bits per heavy atom. The fourth-order valence-electron chi connectivity index (χ4n) is 3.56. The maximum absolute atomic E-state index is 13.2. The molecule has 0 radical (unpaired) electrons. The summed E-state index contributed by atoms with van der Waals surface area (Å²) in [5, 5.41) is 0. The summed E-state index contributed by atoms with van der Waals surface area (Å²) >= 11 is 0. The molecule has 0 N–H and O–H groups in total. The van der Waals surface area contributed by atoms with Crippen LogP contribution in [0.25, 0.3) is 5.57 Å². The van der Waals surface area contributed by atoms with Gasteiger partial charge in [0.1, 0.15) is 11.7 Å². The molecule has 140 valence electrons. The smallest absolute Gasteiger partial charge is 0.317 e. The van der Waals surface area contributed by atoms with Crippen LogP contribution < -0.4 is 0 Å². The van der Waals surface area contributed by atoms with E-state index in [0.29, 0.717) is 6.42 Å². The fourth-order valence-corrected chi connectivity index (χ4v) is 3.56. The Labute approximate surface area is 158 Å². The zero-order valence-corrected chi connectivity index (χ0v) is 15.6. The SMILES string of the molecule is CCOC(=O)[C@@H]1C(=O)C=C(c2ccc(F)cc2)C[C@@H]1c1ccc(CC)cc1. The predicted molar refractivity (Wildman–Crippen MR) is 103 cm³/mol. The second kappa shape index (κ2) is 8.30. The van der Waals surface area contributed by atoms with Crippen LogP contribution in [-0.2, 0) is 20.7 Å². The van der Waals surface area contributed by atoms with Crippen molar-refractivity contribution in [3.8, 4) is 0 Å². The normalized spacial score (nSPS) is 19.5. The lowest BCUT2D eigenvalue weighted by molar-refractivity contribution is -0.151. The molecule has 0 fully saturated rings. The number of carbonyl (C=O) groups is 2. The van der Waals surface area contributed by atoms with Crippen LogP contribution in [0.2, 0.25) is 0 Å². The Morgan fingerprint density at radius 1 is 1.07 bits per heavy atom. The molecule has 0 heterocycles. The van der Waals surface area contributed by atoms with Gasteiger partial charge in [0.05, 0.1) is 6.61 Å². The molecule has 3 nitrogen and oxygen atoms in total. The van der Waals surface area contributed by atoms with Gasteiger partial charge in [-0.1, -0.05) is 43.3 Å². The molecule has 3 rings (SSSR count). The maximum Gasteiger partial charge on any atom is 0.317 e. The van der Waals surface area contributed by atoms with Crippen LogP contribution in [0.3, 0.4) is 0 Å². The third-order valence-electron chi connectivity index (χ3n) is 5.04. The lowest BCUT2D eigenvalue weighted by atomic mass is 9.73. The molecular weight excluding hydrogens is 343 g/mol. The van der Waals surface area contributed by atoms with E-state index in [2.05, 4.69) is 6.92 Å². The van der Waals surface area contributed by atoms with Crippen LogP contribution >= 0.6 is 0 Å². The van der Waals surface area contributed by atoms with E-state index in [0.717, 1.165) is 23.1 Å². The van der Waals surface area contributed by atoms with Gasteiger partial charge >= 0.3 is 5.97 Å². The van der Waals surface area contributed by atoms with Gasteiger partial charge in [-0.05, 0) is 60.2 Å². The number of hydrogen-bond acceptors (Lipinski definition) is 3. The second-order valence-electron chi connectivity index (χ2n) is 6.71. The summed E-state index contributed by atoms with van der Waals surface area (Å²) in [5.41, 5.74) is 3.74. The molecule has 0 aromatic heterocycles. The first kappa shape index (κ1) is 19.0. The average molecular weight is 366 g/mol. The highest BCUT2D eigenvalue weighted by Crippen LogP contribution is 2.40. The first-order valence-electron chi connectivity index (χ1n) is 9.29. The van der Waals surface area contributed by atoms with Crippen LogP contribution in [0.4, 0.5) is 4.39 Å². The molecule has 4 heteroatoms. The lowest BCUT2D eigenvalue weighted by Gasteiger charge is -2.29. The molecule has 0 amide bonds. The molecule has 2 aromatic carbocycles. The van der Waals surface area contributed by atoms with Crippen molar-refractivity contribution in [2.45, 2.75) is 32.6 Å². The van der Waals surface area contributed by atoms with Gasteiger partial charge in [-0.15, -0.1) is 0 Å². The number of hydrogen-bond donors (Lipinski definition) is 0. The number of rotatable bonds is 5. The summed E-state index contributed by atoms with van der Waals surface area (Å²) in [4.78, 5) is 25.3. The van der Waals surface area contributed by atoms with Gasteiger partial charge in [0.15, 0.2) is 5.78 Å². The van der Waals surface area contributed by atoms with Crippen molar-refractivity contribution in [1.82, 2.24) is 0 Å². The van der Waals surface area contributed by atoms with Crippen LogP contribution in [0.5, 0.6) is 0 Å². The molecule has 0 saturated carbocycles. The molecule has 0 unspecified atom stereocenters. The second-order valence-corrected chi connectivity index (χ2v) is 6.71. The van der Waals surface area contributed by atoms with E-state index in [-0.39, 0.29) is 24.1 Å². The third-order valence-corrected chi connectivity index (χ3v) is 5.04. The summed E-state index contributed by atoms with van der Waals surface area (Å²) in [6.07, 6.45) is 2.95. The van der Waals surface area contributed by atoms with E-state index in [1.807, 2.05) is 24.3 Å². The number of halogens is 1. The largest absolute Gasteiger partial charge is 0.465 e. The summed E-state index contributed by atoms with van der Waals surface area (Å²) in [6.45, 7) is 4.05. The van der Waals surface area contributed by atoms with Gasteiger partial charge in [0.2, 0.25) is 0 Å². The highest BCUT2D eigenvalue weighted by molar-refractivity contribution is 6.10. The highest BCUT2D eigenvalue weighted by Gasteiger charge is 2.39. The van der Waals surface area contributed by atoms with Gasteiger partial charge in [-0.2, -0.15) is 0 Å². The molecule has 0 bridgehead atoms. The zero-order valence-electron chi connectivity index (χ0n) is 15.6. The molecule has 27 heavy (non-hydrogen) atoms. The van der Waals surface area contributed by atoms with E-state index in [1.54, 1.807) is 19.1 Å². The van der Waals surface area contributed by atoms with Crippen molar-refractivity contribution in [2.75, 3.05) is 6.61 Å². The molecule has 0 spiro atoms. The Morgan fingerprint density at radius 2 is 1.74 bits per heavy atom. The molecule has 1 aliphatic carbocycles. The fraction of sp³-hybridized carbons (Fsp3) is 0.304. The van der Waals surface area contributed by atoms with Gasteiger partial charge in [-0.3, -0.25) is 9.59 Å². The van der Waals surface area contributed by atoms with E-state index in [4.69, 9.17) is 4.74 Å². The summed E-state index contributed by atoms with van der Waals surface area (Å²) in [5.74, 6) is -2.21. The predicted octanol–water partition coefficient (Wildman–Crippen LogP) is 4.71. The quantitative estimate of drug-likeness (QED) is 0.569. The zero-order chi connectivity index (χ0) is 19.4. The number of aryl methyl sites for hydroxylation is 1. The van der Waals surface area contributed by atoms with Crippen molar-refractivity contribution in [3.05, 3.63) is 77.1 Å². The van der Waals surface area contributed by atoms with Crippen LogP contribution in [0, 0.1) is 11.7 Å². The minimum Gasteiger partial charge on any atom is -0.465 e. The Kier molecular flexibility index (Phi) is 5.84. The van der Waals surface area contributed by atoms with Crippen LogP contribution in [0.15, 0.2) is 54.6 Å². The van der Waals surface area contributed by atoms with Gasteiger partial charge in [0.25, 0.3) is 0 Å². The molecular formula is C23H23FO3.